The van der Waals surface area contributed by atoms with Gasteiger partial charge in [0.05, 0.1) is 5.69 Å². The topological polar surface area (TPSA) is 36.4 Å². The summed E-state index contributed by atoms with van der Waals surface area (Å²) in [6.07, 6.45) is 3.33. The van der Waals surface area contributed by atoms with E-state index in [1.807, 2.05) is 29.3 Å². The number of nitrogens with zero attached hydrogens (tertiary/aromatic N) is 3. The van der Waals surface area contributed by atoms with Gasteiger partial charge >= 0.3 is 0 Å². The minimum absolute atomic E-state index is 0.209. The SMILES string of the molecule is C[C@H](c1ccccn1)N(C)CCC(=O)N1CCc2ccccc2C1. The Balaban J connectivity index is 1.53. The van der Waals surface area contributed by atoms with E-state index in [1.165, 1.54) is 11.1 Å². The highest BCUT2D eigenvalue weighted by atomic mass is 16.2. The van der Waals surface area contributed by atoms with E-state index in [2.05, 4.69) is 48.1 Å². The molecule has 0 fully saturated rings. The predicted molar refractivity (Wildman–Crippen MR) is 95.5 cm³/mol. The number of fused-ring (bicyclic) bond motifs is 1. The minimum Gasteiger partial charge on any atom is -0.338 e. The lowest BCUT2D eigenvalue weighted by molar-refractivity contribution is -0.132. The molecule has 0 saturated heterocycles. The van der Waals surface area contributed by atoms with Gasteiger partial charge < -0.3 is 4.90 Å². The number of pyridine rings is 1. The van der Waals surface area contributed by atoms with Gasteiger partial charge in [0, 0.05) is 38.3 Å². The molecule has 1 amide bonds. The molecule has 2 aromatic rings. The van der Waals surface area contributed by atoms with Crippen LogP contribution in [0, 0.1) is 0 Å². The zero-order chi connectivity index (χ0) is 16.9. The molecule has 2 heterocycles. The lowest BCUT2D eigenvalue weighted by Crippen LogP contribution is -2.37. The minimum atomic E-state index is 0.209. The highest BCUT2D eigenvalue weighted by Crippen LogP contribution is 2.20. The summed E-state index contributed by atoms with van der Waals surface area (Å²) in [5.74, 6) is 0.240. The molecule has 126 valence electrons. The fourth-order valence-corrected chi connectivity index (χ4v) is 3.18. The van der Waals surface area contributed by atoms with E-state index in [0.29, 0.717) is 6.42 Å². The second-order valence-corrected chi connectivity index (χ2v) is 6.50. The molecule has 3 rings (SSSR count). The van der Waals surface area contributed by atoms with Gasteiger partial charge in [-0.2, -0.15) is 0 Å². The molecule has 0 N–H and O–H groups in total. The Morgan fingerprint density at radius 2 is 1.96 bits per heavy atom. The fourth-order valence-electron chi connectivity index (χ4n) is 3.18. The van der Waals surface area contributed by atoms with E-state index in [4.69, 9.17) is 0 Å². The number of hydrogen-bond acceptors (Lipinski definition) is 3. The summed E-state index contributed by atoms with van der Waals surface area (Å²) in [7, 11) is 2.05. The van der Waals surface area contributed by atoms with Crippen molar-refractivity contribution in [3.05, 3.63) is 65.5 Å². The van der Waals surface area contributed by atoms with Crippen molar-refractivity contribution in [3.63, 3.8) is 0 Å². The van der Waals surface area contributed by atoms with Crippen molar-refractivity contribution in [1.29, 1.82) is 0 Å². The lowest BCUT2D eigenvalue weighted by Gasteiger charge is -2.30. The third-order valence-electron chi connectivity index (χ3n) is 4.94. The van der Waals surface area contributed by atoms with E-state index in [9.17, 15) is 4.79 Å². The summed E-state index contributed by atoms with van der Waals surface area (Å²) in [6.45, 7) is 4.45. The lowest BCUT2D eigenvalue weighted by atomic mass is 10.00. The number of carbonyl (C=O) groups is 1. The molecule has 1 aromatic heterocycles. The Morgan fingerprint density at radius 3 is 2.71 bits per heavy atom. The standard InChI is InChI=1S/C20H25N3O/c1-16(19-9-5-6-12-21-19)22(2)13-11-20(24)23-14-10-17-7-3-4-8-18(17)15-23/h3-9,12,16H,10-11,13-15H2,1-2H3/t16-/m1/s1. The zero-order valence-electron chi connectivity index (χ0n) is 14.5. The number of hydrogen-bond donors (Lipinski definition) is 0. The Bertz CT molecular complexity index is 686. The first-order valence-electron chi connectivity index (χ1n) is 8.61. The maximum absolute atomic E-state index is 12.6. The second kappa shape index (κ2) is 7.58. The first-order valence-corrected chi connectivity index (χ1v) is 8.61. The van der Waals surface area contributed by atoms with Gasteiger partial charge in [0.15, 0.2) is 0 Å². The third kappa shape index (κ3) is 3.82. The van der Waals surface area contributed by atoms with Crippen LogP contribution in [0.15, 0.2) is 48.7 Å². The molecule has 0 aliphatic carbocycles. The van der Waals surface area contributed by atoms with E-state index >= 15 is 0 Å². The predicted octanol–water partition coefficient (Wildman–Crippen LogP) is 3.05. The highest BCUT2D eigenvalue weighted by Gasteiger charge is 2.21. The van der Waals surface area contributed by atoms with E-state index in [-0.39, 0.29) is 11.9 Å². The van der Waals surface area contributed by atoms with Crippen LogP contribution in [0.5, 0.6) is 0 Å². The molecule has 0 bridgehead atoms. The van der Waals surface area contributed by atoms with Gasteiger partial charge in [-0.3, -0.25) is 14.7 Å². The molecule has 1 aliphatic heterocycles. The quantitative estimate of drug-likeness (QED) is 0.848. The van der Waals surface area contributed by atoms with Crippen molar-refractivity contribution in [1.82, 2.24) is 14.8 Å². The van der Waals surface area contributed by atoms with Gasteiger partial charge in [-0.1, -0.05) is 30.3 Å². The molecule has 0 unspecified atom stereocenters. The Hall–Kier alpha value is -2.20. The molecule has 1 aromatic carbocycles. The number of amides is 1. The molecule has 0 spiro atoms. The summed E-state index contributed by atoms with van der Waals surface area (Å²) in [4.78, 5) is 21.1. The van der Waals surface area contributed by atoms with Crippen LogP contribution in [0.3, 0.4) is 0 Å². The van der Waals surface area contributed by atoms with Crippen LogP contribution in [-0.4, -0.2) is 40.8 Å². The number of benzene rings is 1. The van der Waals surface area contributed by atoms with E-state index < -0.39 is 0 Å². The van der Waals surface area contributed by atoms with Gasteiger partial charge in [-0.15, -0.1) is 0 Å². The van der Waals surface area contributed by atoms with Crippen molar-refractivity contribution in [2.75, 3.05) is 20.1 Å². The first kappa shape index (κ1) is 16.7. The van der Waals surface area contributed by atoms with E-state index in [1.54, 1.807) is 0 Å². The third-order valence-corrected chi connectivity index (χ3v) is 4.94. The fraction of sp³-hybridized carbons (Fsp3) is 0.400. The smallest absolute Gasteiger partial charge is 0.224 e. The van der Waals surface area contributed by atoms with Crippen LogP contribution >= 0.6 is 0 Å². The van der Waals surface area contributed by atoms with Crippen molar-refractivity contribution >= 4 is 5.91 Å². The molecule has 1 aliphatic rings. The zero-order valence-corrected chi connectivity index (χ0v) is 14.5. The van der Waals surface area contributed by atoms with Gasteiger partial charge in [-0.25, -0.2) is 0 Å². The number of carbonyl (C=O) groups excluding carboxylic acids is 1. The van der Waals surface area contributed by atoms with Crippen LogP contribution in [0.25, 0.3) is 0 Å². The summed E-state index contributed by atoms with van der Waals surface area (Å²) in [6, 6.07) is 14.6. The van der Waals surface area contributed by atoms with Crippen LogP contribution < -0.4 is 0 Å². The maximum atomic E-state index is 12.6. The number of aromatic nitrogens is 1. The van der Waals surface area contributed by atoms with Crippen LogP contribution in [-0.2, 0) is 17.8 Å². The average molecular weight is 323 g/mol. The second-order valence-electron chi connectivity index (χ2n) is 6.50. The van der Waals surface area contributed by atoms with Crippen molar-refractivity contribution in [2.24, 2.45) is 0 Å². The Labute approximate surface area is 144 Å². The normalized spacial score (nSPS) is 15.2. The van der Waals surface area contributed by atoms with Crippen molar-refractivity contribution < 1.29 is 4.79 Å². The van der Waals surface area contributed by atoms with Crippen LogP contribution in [0.1, 0.15) is 36.2 Å². The highest BCUT2D eigenvalue weighted by molar-refractivity contribution is 5.76. The largest absolute Gasteiger partial charge is 0.338 e. The molecule has 1 atom stereocenters. The van der Waals surface area contributed by atoms with Crippen molar-refractivity contribution in [3.8, 4) is 0 Å². The molecule has 4 heteroatoms. The Kier molecular flexibility index (Phi) is 5.26. The van der Waals surface area contributed by atoms with E-state index in [0.717, 1.165) is 31.7 Å². The van der Waals surface area contributed by atoms with Crippen LogP contribution in [0.2, 0.25) is 0 Å². The Morgan fingerprint density at radius 1 is 1.21 bits per heavy atom. The first-order chi connectivity index (χ1) is 11.6. The molecular weight excluding hydrogens is 298 g/mol. The monoisotopic (exact) mass is 323 g/mol. The van der Waals surface area contributed by atoms with Gasteiger partial charge in [0.2, 0.25) is 5.91 Å². The summed E-state index contributed by atoms with van der Waals surface area (Å²) < 4.78 is 0. The molecule has 4 nitrogen and oxygen atoms in total. The van der Waals surface area contributed by atoms with Gasteiger partial charge in [0.25, 0.3) is 0 Å². The molecule has 24 heavy (non-hydrogen) atoms. The maximum Gasteiger partial charge on any atom is 0.224 e. The molecule has 0 radical (unpaired) electrons. The summed E-state index contributed by atoms with van der Waals surface area (Å²) in [5, 5.41) is 0. The average Bonchev–Trinajstić information content (AvgIpc) is 2.65. The number of rotatable bonds is 5. The van der Waals surface area contributed by atoms with Crippen molar-refractivity contribution in [2.45, 2.75) is 32.4 Å². The van der Waals surface area contributed by atoms with Gasteiger partial charge in [-0.05, 0) is 43.7 Å². The molecule has 0 saturated carbocycles. The summed E-state index contributed by atoms with van der Waals surface area (Å²) >= 11 is 0. The van der Waals surface area contributed by atoms with Crippen LogP contribution in [0.4, 0.5) is 0 Å². The summed E-state index contributed by atoms with van der Waals surface area (Å²) in [5.41, 5.74) is 3.70. The molecular formula is C20H25N3O. The van der Waals surface area contributed by atoms with Gasteiger partial charge in [0.1, 0.15) is 0 Å².